The highest BCUT2D eigenvalue weighted by molar-refractivity contribution is 6.37. The van der Waals surface area contributed by atoms with E-state index in [0.29, 0.717) is 33.9 Å². The van der Waals surface area contributed by atoms with Gasteiger partial charge in [-0.05, 0) is 37.1 Å². The van der Waals surface area contributed by atoms with E-state index in [1.54, 1.807) is 35.2 Å². The first-order valence-corrected chi connectivity index (χ1v) is 12.4. The normalized spacial score (nSPS) is 18.5. The number of carbonyl (C=O) groups excluding carboxylic acids is 1. The van der Waals surface area contributed by atoms with E-state index in [4.69, 9.17) is 11.6 Å². The van der Waals surface area contributed by atoms with Gasteiger partial charge in [0.25, 0.3) is 5.91 Å². The third kappa shape index (κ3) is 4.18. The first-order chi connectivity index (χ1) is 16.6. The number of rotatable bonds is 5. The summed E-state index contributed by atoms with van der Waals surface area (Å²) in [5.74, 6) is 0.340. The molecule has 0 radical (unpaired) electrons. The molecule has 1 aliphatic carbocycles. The maximum Gasteiger partial charge on any atom is 0.253 e. The number of nitrogens with zero attached hydrogens (tertiary/aromatic N) is 4. The Labute approximate surface area is 204 Å². The van der Waals surface area contributed by atoms with Gasteiger partial charge in [0.15, 0.2) is 5.82 Å². The smallest absolute Gasteiger partial charge is 0.253 e. The van der Waals surface area contributed by atoms with Crippen molar-refractivity contribution in [1.29, 1.82) is 5.26 Å². The average molecular weight is 477 g/mol. The minimum absolute atomic E-state index is 0.00708. The molecule has 0 bridgehead atoms. The van der Waals surface area contributed by atoms with Crippen LogP contribution >= 0.6 is 11.6 Å². The Morgan fingerprint density at radius 2 is 1.97 bits per heavy atom. The summed E-state index contributed by atoms with van der Waals surface area (Å²) in [5, 5.41) is 17.5. The molecule has 2 N–H and O–H groups in total. The number of nitrogens with one attached hydrogen (secondary N) is 2. The van der Waals surface area contributed by atoms with E-state index in [-0.39, 0.29) is 11.4 Å². The van der Waals surface area contributed by atoms with Gasteiger partial charge in [0, 0.05) is 56.0 Å². The van der Waals surface area contributed by atoms with Crippen molar-refractivity contribution in [3.8, 4) is 11.9 Å². The first kappa shape index (κ1) is 22.9. The zero-order chi connectivity index (χ0) is 23.5. The van der Waals surface area contributed by atoms with E-state index in [9.17, 15) is 10.1 Å². The monoisotopic (exact) mass is 476 g/mol. The number of amides is 1. The Morgan fingerprint density at radius 1 is 1.18 bits per heavy atom. The topological polar surface area (TPSA) is 86.0 Å². The van der Waals surface area contributed by atoms with Crippen molar-refractivity contribution in [3.63, 3.8) is 0 Å². The lowest BCUT2D eigenvalue weighted by molar-refractivity contribution is 0.0379. The van der Waals surface area contributed by atoms with E-state index in [1.807, 2.05) is 12.1 Å². The van der Waals surface area contributed by atoms with Crippen molar-refractivity contribution in [1.82, 2.24) is 25.1 Å². The highest BCUT2D eigenvalue weighted by atomic mass is 35.5. The number of hydrogen-bond donors (Lipinski definition) is 2. The Balaban J connectivity index is 1.48. The lowest BCUT2D eigenvalue weighted by Crippen LogP contribution is -2.61. The summed E-state index contributed by atoms with van der Waals surface area (Å²) in [7, 11) is 0. The molecule has 3 heterocycles. The summed E-state index contributed by atoms with van der Waals surface area (Å²) >= 11 is 6.58. The maximum atomic E-state index is 13.6. The second kappa shape index (κ2) is 9.75. The predicted octanol–water partition coefficient (Wildman–Crippen LogP) is 3.89. The molecule has 8 heteroatoms. The number of pyridine rings is 1. The molecule has 0 unspecified atom stereocenters. The van der Waals surface area contributed by atoms with Gasteiger partial charge >= 0.3 is 0 Å². The summed E-state index contributed by atoms with van der Waals surface area (Å²) < 4.78 is 1.79. The van der Waals surface area contributed by atoms with Crippen molar-refractivity contribution in [2.75, 3.05) is 32.7 Å². The summed E-state index contributed by atoms with van der Waals surface area (Å²) in [6, 6.07) is 11.2. The molecular weight excluding hydrogens is 448 g/mol. The summed E-state index contributed by atoms with van der Waals surface area (Å²) in [6.45, 7) is 4.62. The molecule has 1 amide bonds. The van der Waals surface area contributed by atoms with Crippen molar-refractivity contribution >= 4 is 28.4 Å². The van der Waals surface area contributed by atoms with Crippen LogP contribution in [0.25, 0.3) is 16.7 Å². The number of aromatic nitrogens is 2. The summed E-state index contributed by atoms with van der Waals surface area (Å²) in [6.07, 6.45) is 9.27. The van der Waals surface area contributed by atoms with Crippen LogP contribution < -0.4 is 10.6 Å². The van der Waals surface area contributed by atoms with Gasteiger partial charge in [0.1, 0.15) is 6.07 Å². The molecule has 3 aromatic rings. The van der Waals surface area contributed by atoms with Gasteiger partial charge in [0.05, 0.1) is 21.7 Å². The molecule has 34 heavy (non-hydrogen) atoms. The fourth-order valence-electron chi connectivity index (χ4n) is 5.56. The number of carbonyl (C=O) groups is 1. The third-order valence-electron chi connectivity index (χ3n) is 7.31. The van der Waals surface area contributed by atoms with Crippen LogP contribution in [0, 0.1) is 11.3 Å². The zero-order valence-corrected chi connectivity index (χ0v) is 19.9. The molecule has 1 aliphatic heterocycles. The van der Waals surface area contributed by atoms with Crippen LogP contribution in [-0.2, 0) is 0 Å². The van der Waals surface area contributed by atoms with Crippen molar-refractivity contribution in [2.45, 2.75) is 37.6 Å². The van der Waals surface area contributed by atoms with Crippen molar-refractivity contribution in [3.05, 3.63) is 58.9 Å². The molecule has 1 saturated carbocycles. The van der Waals surface area contributed by atoms with Crippen molar-refractivity contribution in [2.24, 2.45) is 0 Å². The van der Waals surface area contributed by atoms with Crippen LogP contribution in [0.3, 0.4) is 0 Å². The Kier molecular flexibility index (Phi) is 6.55. The molecule has 2 fully saturated rings. The van der Waals surface area contributed by atoms with E-state index >= 15 is 0 Å². The van der Waals surface area contributed by atoms with Crippen LogP contribution in [0.1, 0.15) is 48.0 Å². The van der Waals surface area contributed by atoms with E-state index in [1.165, 1.54) is 19.3 Å². The van der Waals surface area contributed by atoms with E-state index in [0.717, 1.165) is 44.5 Å². The Hall–Kier alpha value is -2.92. The number of benzene rings is 1. The third-order valence-corrected chi connectivity index (χ3v) is 7.62. The molecule has 5 rings (SSSR count). The van der Waals surface area contributed by atoms with E-state index < -0.39 is 0 Å². The number of hydrogen-bond acceptors (Lipinski definition) is 5. The fourth-order valence-corrected chi connectivity index (χ4v) is 5.83. The lowest BCUT2D eigenvalue weighted by Gasteiger charge is -2.48. The highest BCUT2D eigenvalue weighted by Crippen LogP contribution is 2.35. The zero-order valence-electron chi connectivity index (χ0n) is 19.2. The number of halogens is 1. The quantitative estimate of drug-likeness (QED) is 0.583. The number of fused-ring (bicyclic) bond motifs is 1. The molecule has 176 valence electrons. The summed E-state index contributed by atoms with van der Waals surface area (Å²) in [5.41, 5.74) is 1.70. The molecule has 2 aromatic heterocycles. The Bertz CT molecular complexity index is 1230. The standard InChI is InChI=1S/C26H29ClN6O/c27-21-7-4-8-22-23(21)20(17-33(22)24-19(16-28)6-5-11-30-24)25(34)31-18-26(9-2-1-3-10-26)32-14-12-29-13-15-32/h4-8,11,17,29H,1-3,9-10,12-15,18H2,(H,31,34). The lowest BCUT2D eigenvalue weighted by atomic mass is 9.79. The minimum atomic E-state index is -0.147. The molecular formula is C26H29ClN6O. The molecule has 0 atom stereocenters. The number of piperazine rings is 1. The fraction of sp³-hybridized carbons (Fsp3) is 0.423. The van der Waals surface area contributed by atoms with E-state index in [2.05, 4.69) is 26.6 Å². The first-order valence-electron chi connectivity index (χ1n) is 12.0. The second-order valence-electron chi connectivity index (χ2n) is 9.24. The van der Waals surface area contributed by atoms with Gasteiger partial charge in [-0.25, -0.2) is 4.98 Å². The van der Waals surface area contributed by atoms with Gasteiger partial charge in [-0.3, -0.25) is 14.3 Å². The SMILES string of the molecule is N#Cc1cccnc1-n1cc(C(=O)NCC2(N3CCNCC3)CCCCC2)c2c(Cl)cccc21. The number of nitriles is 1. The Morgan fingerprint density at radius 3 is 2.74 bits per heavy atom. The molecule has 1 saturated heterocycles. The van der Waals surface area contributed by atoms with Crippen molar-refractivity contribution < 1.29 is 4.79 Å². The van der Waals surface area contributed by atoms with Crippen LogP contribution in [0.5, 0.6) is 0 Å². The van der Waals surface area contributed by atoms with Gasteiger partial charge in [-0.1, -0.05) is 36.9 Å². The van der Waals surface area contributed by atoms with Gasteiger partial charge < -0.3 is 10.6 Å². The van der Waals surface area contributed by atoms with Gasteiger partial charge in [-0.15, -0.1) is 0 Å². The second-order valence-corrected chi connectivity index (χ2v) is 9.65. The largest absolute Gasteiger partial charge is 0.350 e. The van der Waals surface area contributed by atoms with Gasteiger partial charge in [0.2, 0.25) is 0 Å². The molecule has 1 aromatic carbocycles. The van der Waals surface area contributed by atoms with Gasteiger partial charge in [-0.2, -0.15) is 5.26 Å². The summed E-state index contributed by atoms with van der Waals surface area (Å²) in [4.78, 5) is 20.6. The maximum absolute atomic E-state index is 13.6. The van der Waals surface area contributed by atoms with Crippen LogP contribution in [-0.4, -0.2) is 58.6 Å². The average Bonchev–Trinajstić information content (AvgIpc) is 3.29. The predicted molar refractivity (Wildman–Crippen MR) is 133 cm³/mol. The molecule has 2 aliphatic rings. The van der Waals surface area contributed by atoms with Crippen LogP contribution in [0.4, 0.5) is 0 Å². The molecule has 7 nitrogen and oxygen atoms in total. The highest BCUT2D eigenvalue weighted by Gasteiger charge is 2.38. The van der Waals surface area contributed by atoms with Crippen LogP contribution in [0.2, 0.25) is 5.02 Å². The van der Waals surface area contributed by atoms with Crippen LogP contribution in [0.15, 0.2) is 42.7 Å². The molecule has 0 spiro atoms. The minimum Gasteiger partial charge on any atom is -0.350 e.